The molecular weight excluding hydrogens is 488 g/mol. The number of benzene rings is 4. The molecule has 4 aromatic carbocycles. The van der Waals surface area contributed by atoms with Crippen molar-refractivity contribution < 1.29 is 28.2 Å². The van der Waals surface area contributed by atoms with Gasteiger partial charge in [-0.05, 0) is 58.1 Å². The molecule has 0 aromatic heterocycles. The van der Waals surface area contributed by atoms with E-state index in [1.807, 2.05) is 44.2 Å². The van der Waals surface area contributed by atoms with Crippen molar-refractivity contribution in [1.29, 1.82) is 0 Å². The molecule has 1 aliphatic rings. The molecule has 1 atom stereocenters. The van der Waals surface area contributed by atoms with Crippen LogP contribution in [0.5, 0.6) is 5.75 Å². The number of nitrogens with zero attached hydrogens (tertiary/aromatic N) is 1. The molecule has 5 nitrogen and oxygen atoms in total. The van der Waals surface area contributed by atoms with E-state index >= 15 is 0 Å². The van der Waals surface area contributed by atoms with Crippen LogP contribution in [0.25, 0.3) is 16.5 Å². The minimum atomic E-state index is -1.15. The number of aliphatic hydroxyl groups is 1. The smallest absolute Gasteiger partial charge is 0.300 e. The average molecular weight is 514 g/mol. The van der Waals surface area contributed by atoms with Gasteiger partial charge in [-0.2, -0.15) is 0 Å². The summed E-state index contributed by atoms with van der Waals surface area (Å²) in [6, 6.07) is 19.8. The third-order valence-electron chi connectivity index (χ3n) is 6.87. The minimum absolute atomic E-state index is 0.000541. The van der Waals surface area contributed by atoms with Crippen molar-refractivity contribution >= 4 is 33.9 Å². The summed E-state index contributed by atoms with van der Waals surface area (Å²) in [5.74, 6) is -3.79. The van der Waals surface area contributed by atoms with Crippen LogP contribution in [0.2, 0.25) is 0 Å². The topological polar surface area (TPSA) is 66.8 Å². The van der Waals surface area contributed by atoms with E-state index in [2.05, 4.69) is 0 Å². The largest absolute Gasteiger partial charge is 0.507 e. The number of carbonyl (C=O) groups is 2. The summed E-state index contributed by atoms with van der Waals surface area (Å²) in [5.41, 5.74) is 1.57. The van der Waals surface area contributed by atoms with Crippen LogP contribution in [0.1, 0.15) is 42.5 Å². The summed E-state index contributed by atoms with van der Waals surface area (Å²) in [5, 5.41) is 13.2. The molecule has 1 aliphatic heterocycles. The monoisotopic (exact) mass is 513 g/mol. The highest BCUT2D eigenvalue weighted by Crippen LogP contribution is 2.44. The first-order valence-corrected chi connectivity index (χ1v) is 12.1. The zero-order chi connectivity index (χ0) is 27.1. The highest BCUT2D eigenvalue weighted by molar-refractivity contribution is 6.51. The number of hydrogen-bond donors (Lipinski definition) is 1. The fraction of sp³-hybridized carbons (Fsp3) is 0.161. The molecule has 0 bridgehead atoms. The van der Waals surface area contributed by atoms with Crippen LogP contribution in [0, 0.1) is 11.6 Å². The number of fused-ring (bicyclic) bond motifs is 1. The maximum atomic E-state index is 14.3. The van der Waals surface area contributed by atoms with Gasteiger partial charge in [0.2, 0.25) is 0 Å². The van der Waals surface area contributed by atoms with E-state index < -0.39 is 29.4 Å². The molecule has 4 aromatic rings. The first-order chi connectivity index (χ1) is 18.2. The highest BCUT2D eigenvalue weighted by Gasteiger charge is 2.47. The van der Waals surface area contributed by atoms with Crippen LogP contribution in [0.15, 0.2) is 84.4 Å². The Kier molecular flexibility index (Phi) is 6.45. The number of ether oxygens (including phenoxy) is 1. The Morgan fingerprint density at radius 2 is 1.66 bits per heavy atom. The third kappa shape index (κ3) is 4.10. The number of aliphatic hydroxyl groups excluding tert-OH is 1. The predicted octanol–water partition coefficient (Wildman–Crippen LogP) is 6.88. The minimum Gasteiger partial charge on any atom is -0.507 e. The molecule has 7 heteroatoms. The second kappa shape index (κ2) is 9.74. The predicted molar refractivity (Wildman–Crippen MR) is 142 cm³/mol. The molecule has 1 heterocycles. The molecule has 192 valence electrons. The molecule has 1 N–H and O–H groups in total. The fourth-order valence-electron chi connectivity index (χ4n) is 5.01. The van der Waals surface area contributed by atoms with Gasteiger partial charge < -0.3 is 9.84 Å². The molecule has 0 aliphatic carbocycles. The van der Waals surface area contributed by atoms with Crippen molar-refractivity contribution in [3.63, 3.8) is 0 Å². The Morgan fingerprint density at radius 1 is 0.921 bits per heavy atom. The number of amides is 1. The van der Waals surface area contributed by atoms with Crippen molar-refractivity contribution in [2.75, 3.05) is 12.0 Å². The number of Topliss-reactive ketones (excluding diaryl/α,β-unsaturated/α-hetero) is 1. The van der Waals surface area contributed by atoms with Gasteiger partial charge in [-0.3, -0.25) is 14.5 Å². The Labute approximate surface area is 218 Å². The van der Waals surface area contributed by atoms with Gasteiger partial charge >= 0.3 is 0 Å². The first kappa shape index (κ1) is 25.1. The molecule has 1 fully saturated rings. The lowest BCUT2D eigenvalue weighted by Crippen LogP contribution is -2.29. The van der Waals surface area contributed by atoms with Crippen LogP contribution >= 0.6 is 0 Å². The zero-order valence-electron chi connectivity index (χ0n) is 21.0. The fourth-order valence-corrected chi connectivity index (χ4v) is 5.01. The van der Waals surface area contributed by atoms with Gasteiger partial charge in [0.1, 0.15) is 11.5 Å². The lowest BCUT2D eigenvalue weighted by atomic mass is 9.90. The van der Waals surface area contributed by atoms with Crippen molar-refractivity contribution in [3.05, 3.63) is 113 Å². The Bertz CT molecular complexity index is 1620. The van der Waals surface area contributed by atoms with Gasteiger partial charge in [-0.25, -0.2) is 8.78 Å². The molecule has 0 saturated carbocycles. The molecule has 1 saturated heterocycles. The van der Waals surface area contributed by atoms with Gasteiger partial charge in [0, 0.05) is 17.3 Å². The van der Waals surface area contributed by atoms with Crippen molar-refractivity contribution in [1.82, 2.24) is 0 Å². The maximum Gasteiger partial charge on any atom is 0.300 e. The summed E-state index contributed by atoms with van der Waals surface area (Å²) in [6.07, 6.45) is 0. The SMILES string of the molecule is COc1ccc(/C(O)=C2\C(=O)C(=O)N(c3ccc(F)c(F)c3)C2c2cccc3ccccc23)cc1C(C)C. The van der Waals surface area contributed by atoms with Crippen molar-refractivity contribution in [3.8, 4) is 5.75 Å². The van der Waals surface area contributed by atoms with Gasteiger partial charge in [0.25, 0.3) is 11.7 Å². The van der Waals surface area contributed by atoms with Crippen molar-refractivity contribution in [2.24, 2.45) is 0 Å². The Balaban J connectivity index is 1.80. The number of hydrogen-bond acceptors (Lipinski definition) is 4. The molecule has 0 spiro atoms. The average Bonchev–Trinajstić information content (AvgIpc) is 3.18. The second-order valence-electron chi connectivity index (χ2n) is 9.45. The number of halogens is 2. The molecule has 1 unspecified atom stereocenters. The van der Waals surface area contributed by atoms with E-state index in [0.717, 1.165) is 33.4 Å². The first-order valence-electron chi connectivity index (χ1n) is 12.1. The van der Waals surface area contributed by atoms with Crippen LogP contribution in [-0.4, -0.2) is 23.9 Å². The van der Waals surface area contributed by atoms with Crippen LogP contribution < -0.4 is 9.64 Å². The van der Waals surface area contributed by atoms with E-state index in [4.69, 9.17) is 4.74 Å². The van der Waals surface area contributed by atoms with E-state index in [1.54, 1.807) is 37.4 Å². The summed E-state index contributed by atoms with van der Waals surface area (Å²) in [7, 11) is 1.55. The molecule has 38 heavy (non-hydrogen) atoms. The van der Waals surface area contributed by atoms with Crippen molar-refractivity contribution in [2.45, 2.75) is 25.8 Å². The standard InChI is InChI=1S/C31H25F2NO4/c1-17(2)23-15-19(11-14-26(23)38-3)29(35)27-28(22-10-6-8-18-7-4-5-9-21(18)22)34(31(37)30(27)36)20-12-13-24(32)25(33)16-20/h4-17,28,35H,1-3H3/b29-27+. The van der Waals surface area contributed by atoms with E-state index in [0.29, 0.717) is 16.9 Å². The summed E-state index contributed by atoms with van der Waals surface area (Å²) >= 11 is 0. The van der Waals surface area contributed by atoms with Gasteiger partial charge in [0.15, 0.2) is 11.6 Å². The number of ketones is 1. The Hall–Kier alpha value is -4.52. The summed E-state index contributed by atoms with van der Waals surface area (Å²) in [6.45, 7) is 3.94. The lowest BCUT2D eigenvalue weighted by Gasteiger charge is -2.26. The third-order valence-corrected chi connectivity index (χ3v) is 6.87. The van der Waals surface area contributed by atoms with E-state index in [1.165, 1.54) is 6.07 Å². The van der Waals surface area contributed by atoms with Gasteiger partial charge in [0.05, 0.1) is 18.7 Å². The number of carbonyl (C=O) groups excluding carboxylic acids is 2. The Morgan fingerprint density at radius 3 is 2.37 bits per heavy atom. The molecule has 0 radical (unpaired) electrons. The van der Waals surface area contributed by atoms with Gasteiger partial charge in [-0.15, -0.1) is 0 Å². The summed E-state index contributed by atoms with van der Waals surface area (Å²) in [4.78, 5) is 28.1. The normalized spacial score (nSPS) is 17.0. The van der Waals surface area contributed by atoms with Crippen LogP contribution in [0.3, 0.4) is 0 Å². The van der Waals surface area contributed by atoms with E-state index in [9.17, 15) is 23.5 Å². The van der Waals surface area contributed by atoms with Gasteiger partial charge in [-0.1, -0.05) is 56.3 Å². The lowest BCUT2D eigenvalue weighted by molar-refractivity contribution is -0.132. The molecule has 1 amide bonds. The van der Waals surface area contributed by atoms with Crippen LogP contribution in [0.4, 0.5) is 14.5 Å². The number of rotatable bonds is 5. The van der Waals surface area contributed by atoms with Crippen LogP contribution in [-0.2, 0) is 9.59 Å². The second-order valence-corrected chi connectivity index (χ2v) is 9.45. The molecular formula is C31H25F2NO4. The summed E-state index contributed by atoms with van der Waals surface area (Å²) < 4.78 is 33.5. The quantitative estimate of drug-likeness (QED) is 0.180. The maximum absolute atomic E-state index is 14.3. The molecule has 5 rings (SSSR count). The zero-order valence-corrected chi connectivity index (χ0v) is 21.0. The number of methoxy groups -OCH3 is 1. The highest BCUT2D eigenvalue weighted by atomic mass is 19.2. The number of anilines is 1. The van der Waals surface area contributed by atoms with E-state index in [-0.39, 0.29) is 22.9 Å².